The van der Waals surface area contributed by atoms with E-state index in [0.29, 0.717) is 37.5 Å². The van der Waals surface area contributed by atoms with Crippen LogP contribution in [-0.4, -0.2) is 52.8 Å². The van der Waals surface area contributed by atoms with Crippen LogP contribution in [0, 0.1) is 0 Å². The van der Waals surface area contributed by atoms with Crippen molar-refractivity contribution in [3.8, 4) is 0 Å². The summed E-state index contributed by atoms with van der Waals surface area (Å²) in [6.45, 7) is 1.85. The van der Waals surface area contributed by atoms with Crippen LogP contribution >= 0.6 is 11.3 Å². The summed E-state index contributed by atoms with van der Waals surface area (Å²) in [7, 11) is -2.12. The summed E-state index contributed by atoms with van der Waals surface area (Å²) in [4.78, 5) is 12.1. The highest BCUT2D eigenvalue weighted by atomic mass is 32.2. The van der Waals surface area contributed by atoms with Gasteiger partial charge in [-0.1, -0.05) is 0 Å². The molecule has 3 rings (SSSR count). The Bertz CT molecular complexity index is 689. The predicted octanol–water partition coefficient (Wildman–Crippen LogP) is 1.11. The zero-order valence-corrected chi connectivity index (χ0v) is 15.2. The average molecular weight is 374 g/mol. The summed E-state index contributed by atoms with van der Waals surface area (Å²) >= 11 is 1.12. The molecule has 0 bridgehead atoms. The second-order valence-corrected chi connectivity index (χ2v) is 8.81. The third-order valence-corrected chi connectivity index (χ3v) is 7.13. The van der Waals surface area contributed by atoms with Gasteiger partial charge >= 0.3 is 0 Å². The Morgan fingerprint density at radius 2 is 2.08 bits per heavy atom. The molecular weight excluding hydrogens is 352 g/mol. The van der Waals surface area contributed by atoms with E-state index in [9.17, 15) is 13.2 Å². The number of amides is 1. The summed E-state index contributed by atoms with van der Waals surface area (Å²) in [5.74, 6) is -0.284. The molecule has 1 spiro atoms. The van der Waals surface area contributed by atoms with Gasteiger partial charge in [-0.3, -0.25) is 4.79 Å². The van der Waals surface area contributed by atoms with Crippen molar-refractivity contribution < 1.29 is 22.7 Å². The lowest BCUT2D eigenvalue weighted by Crippen LogP contribution is -2.50. The normalized spacial score (nSPS) is 24.0. The molecule has 9 heteroatoms. The Labute approximate surface area is 145 Å². The number of thiophene rings is 1. The van der Waals surface area contributed by atoms with E-state index < -0.39 is 10.0 Å². The molecule has 7 nitrogen and oxygen atoms in total. The Balaban J connectivity index is 1.69. The molecule has 0 aromatic carbocycles. The van der Waals surface area contributed by atoms with Crippen LogP contribution in [0.15, 0.2) is 16.3 Å². The summed E-state index contributed by atoms with van der Waals surface area (Å²) < 4.78 is 39.3. The zero-order valence-electron chi connectivity index (χ0n) is 13.5. The molecule has 1 amide bonds. The van der Waals surface area contributed by atoms with Crippen molar-refractivity contribution in [3.05, 3.63) is 16.3 Å². The van der Waals surface area contributed by atoms with E-state index in [1.165, 1.54) is 18.5 Å². The van der Waals surface area contributed by atoms with Crippen molar-refractivity contribution in [2.45, 2.75) is 42.2 Å². The highest BCUT2D eigenvalue weighted by molar-refractivity contribution is 7.89. The molecule has 1 unspecified atom stereocenters. The molecule has 0 aliphatic carbocycles. The van der Waals surface area contributed by atoms with Crippen molar-refractivity contribution >= 4 is 27.3 Å². The molecule has 2 saturated heterocycles. The number of hydrogen-bond donors (Lipinski definition) is 2. The fourth-order valence-electron chi connectivity index (χ4n) is 3.21. The van der Waals surface area contributed by atoms with E-state index in [4.69, 9.17) is 9.47 Å². The number of nitrogens with one attached hydrogen (secondary N) is 2. The minimum Gasteiger partial charge on any atom is -0.381 e. The monoisotopic (exact) mass is 374 g/mol. The summed E-state index contributed by atoms with van der Waals surface area (Å²) in [5, 5.41) is 3.99. The van der Waals surface area contributed by atoms with Gasteiger partial charge in [-0.25, -0.2) is 13.1 Å². The molecule has 1 atom stereocenters. The van der Waals surface area contributed by atoms with E-state index in [1.54, 1.807) is 0 Å². The molecule has 2 aliphatic heterocycles. The van der Waals surface area contributed by atoms with Gasteiger partial charge in [-0.15, -0.1) is 11.3 Å². The zero-order chi connectivity index (χ0) is 17.2. The second kappa shape index (κ2) is 7.09. The minimum absolute atomic E-state index is 0.138. The molecular formula is C15H22N2O5S2. The third-order valence-electron chi connectivity index (χ3n) is 4.56. The van der Waals surface area contributed by atoms with E-state index in [0.717, 1.165) is 24.2 Å². The fraction of sp³-hybridized carbons (Fsp3) is 0.667. The van der Waals surface area contributed by atoms with Gasteiger partial charge < -0.3 is 14.8 Å². The highest BCUT2D eigenvalue weighted by Crippen LogP contribution is 2.34. The van der Waals surface area contributed by atoms with Gasteiger partial charge in [0.2, 0.25) is 10.0 Å². The topological polar surface area (TPSA) is 93.7 Å². The van der Waals surface area contributed by atoms with Crippen molar-refractivity contribution in [2.24, 2.45) is 0 Å². The second-order valence-electron chi connectivity index (χ2n) is 6.18. The number of rotatable bonds is 4. The molecule has 24 heavy (non-hydrogen) atoms. The minimum atomic E-state index is -3.64. The molecule has 0 radical (unpaired) electrons. The van der Waals surface area contributed by atoms with Gasteiger partial charge in [0.15, 0.2) is 0 Å². The van der Waals surface area contributed by atoms with Crippen molar-refractivity contribution in [1.82, 2.24) is 10.0 Å². The summed E-state index contributed by atoms with van der Waals surface area (Å²) in [6, 6.07) is 1.25. The lowest BCUT2D eigenvalue weighted by atomic mass is 9.84. The van der Waals surface area contributed by atoms with Crippen LogP contribution in [-0.2, 0) is 19.5 Å². The maximum Gasteiger partial charge on any atom is 0.261 e. The largest absolute Gasteiger partial charge is 0.381 e. The number of carbonyl (C=O) groups excluding carboxylic acids is 1. The van der Waals surface area contributed by atoms with Crippen LogP contribution in [0.1, 0.15) is 35.4 Å². The smallest absolute Gasteiger partial charge is 0.261 e. The van der Waals surface area contributed by atoms with Crippen LogP contribution in [0.2, 0.25) is 0 Å². The first kappa shape index (κ1) is 17.8. The molecule has 0 saturated carbocycles. The van der Waals surface area contributed by atoms with E-state index >= 15 is 0 Å². The Hall–Kier alpha value is -1.00. The Morgan fingerprint density at radius 1 is 1.33 bits per heavy atom. The van der Waals surface area contributed by atoms with Gasteiger partial charge in [0.25, 0.3) is 5.91 Å². The Kier molecular flexibility index (Phi) is 5.26. The number of ether oxygens (including phenoxy) is 2. The molecule has 1 aromatic heterocycles. The third kappa shape index (κ3) is 3.80. The van der Waals surface area contributed by atoms with Crippen LogP contribution in [0.4, 0.5) is 0 Å². The first-order chi connectivity index (χ1) is 11.4. The van der Waals surface area contributed by atoms with Gasteiger partial charge in [-0.05, 0) is 31.7 Å². The van der Waals surface area contributed by atoms with Crippen LogP contribution < -0.4 is 10.0 Å². The highest BCUT2D eigenvalue weighted by Gasteiger charge is 2.40. The van der Waals surface area contributed by atoms with Crippen LogP contribution in [0.5, 0.6) is 0 Å². The SMILES string of the molecule is CNC(=O)c1cc(S(=O)(=O)NC2CCOC3(CCOCC3)C2)cs1. The van der Waals surface area contributed by atoms with Crippen molar-refractivity contribution in [1.29, 1.82) is 0 Å². The van der Waals surface area contributed by atoms with Gasteiger partial charge in [0.05, 0.1) is 15.4 Å². The van der Waals surface area contributed by atoms with Gasteiger partial charge in [-0.2, -0.15) is 0 Å². The molecule has 134 valence electrons. The lowest BCUT2D eigenvalue weighted by molar-refractivity contribution is -0.138. The van der Waals surface area contributed by atoms with E-state index in [1.807, 2.05) is 0 Å². The average Bonchev–Trinajstić information content (AvgIpc) is 3.05. The molecule has 2 N–H and O–H groups in total. The predicted molar refractivity (Wildman–Crippen MR) is 89.8 cm³/mol. The van der Waals surface area contributed by atoms with Crippen molar-refractivity contribution in [3.63, 3.8) is 0 Å². The lowest BCUT2D eigenvalue weighted by Gasteiger charge is -2.43. The Morgan fingerprint density at radius 3 is 2.79 bits per heavy atom. The van der Waals surface area contributed by atoms with Crippen LogP contribution in [0.25, 0.3) is 0 Å². The maximum absolute atomic E-state index is 12.6. The molecule has 3 heterocycles. The van der Waals surface area contributed by atoms with Crippen molar-refractivity contribution in [2.75, 3.05) is 26.9 Å². The number of hydrogen-bond acceptors (Lipinski definition) is 6. The first-order valence-corrected chi connectivity index (χ1v) is 10.4. The summed E-state index contributed by atoms with van der Waals surface area (Å²) in [5.41, 5.74) is -0.272. The van der Waals surface area contributed by atoms with E-state index in [2.05, 4.69) is 10.0 Å². The van der Waals surface area contributed by atoms with E-state index in [-0.39, 0.29) is 22.4 Å². The molecule has 2 fully saturated rings. The first-order valence-electron chi connectivity index (χ1n) is 7.99. The quantitative estimate of drug-likeness (QED) is 0.824. The van der Waals surface area contributed by atoms with Crippen LogP contribution in [0.3, 0.4) is 0 Å². The molecule has 2 aliphatic rings. The van der Waals surface area contributed by atoms with Gasteiger partial charge in [0.1, 0.15) is 0 Å². The number of carbonyl (C=O) groups is 1. The standard InChI is InChI=1S/C15H22N2O5S2/c1-16-14(18)13-8-12(10-23-13)24(19,20)17-11-2-5-22-15(9-11)3-6-21-7-4-15/h8,10-11,17H,2-7,9H2,1H3,(H,16,18). The number of sulfonamides is 1. The summed E-state index contributed by atoms with van der Waals surface area (Å²) in [6.07, 6.45) is 2.89. The fourth-order valence-corrected chi connectivity index (χ4v) is 5.70. The maximum atomic E-state index is 12.6. The van der Waals surface area contributed by atoms with Gasteiger partial charge in [0, 0.05) is 38.3 Å². The molecule has 1 aromatic rings.